The smallest absolute Gasteiger partial charge is 0.323 e. The Hall–Kier alpha value is -2.57. The number of hydrogen-bond acceptors (Lipinski definition) is 4. The van der Waals surface area contributed by atoms with Crippen LogP contribution in [0.25, 0.3) is 0 Å². The van der Waals surface area contributed by atoms with Crippen LogP contribution in [0.1, 0.15) is 29.6 Å². The van der Waals surface area contributed by atoms with E-state index in [1.54, 1.807) is 12.1 Å². The molecule has 0 bridgehead atoms. The first-order chi connectivity index (χ1) is 10.5. The van der Waals surface area contributed by atoms with E-state index < -0.39 is 11.6 Å². The molecule has 1 spiro atoms. The summed E-state index contributed by atoms with van der Waals surface area (Å²) < 4.78 is 0. The van der Waals surface area contributed by atoms with Gasteiger partial charge in [0.2, 0.25) is 5.91 Å². The molecule has 2 aliphatic heterocycles. The summed E-state index contributed by atoms with van der Waals surface area (Å²) >= 11 is 0. The van der Waals surface area contributed by atoms with E-state index in [-0.39, 0.29) is 24.8 Å². The highest BCUT2D eigenvalue weighted by Gasteiger charge is 2.40. The molecular weight excluding hydrogens is 286 g/mol. The molecule has 0 aromatic heterocycles. The van der Waals surface area contributed by atoms with Crippen molar-refractivity contribution in [3.8, 4) is 0 Å². The lowest BCUT2D eigenvalue weighted by Gasteiger charge is -2.39. The van der Waals surface area contributed by atoms with E-state index in [2.05, 4.69) is 10.6 Å². The van der Waals surface area contributed by atoms with E-state index in [4.69, 9.17) is 5.11 Å². The van der Waals surface area contributed by atoms with Gasteiger partial charge in [-0.25, -0.2) is 0 Å². The molecule has 0 radical (unpaired) electrons. The van der Waals surface area contributed by atoms with E-state index in [1.807, 2.05) is 12.1 Å². The minimum absolute atomic E-state index is 0.173. The van der Waals surface area contributed by atoms with Crippen LogP contribution < -0.4 is 10.6 Å². The summed E-state index contributed by atoms with van der Waals surface area (Å²) in [5, 5.41) is 15.1. The molecule has 116 valence electrons. The average molecular weight is 303 g/mol. The van der Waals surface area contributed by atoms with Gasteiger partial charge >= 0.3 is 5.97 Å². The zero-order chi connectivity index (χ0) is 15.7. The van der Waals surface area contributed by atoms with E-state index in [0.717, 1.165) is 5.69 Å². The number of nitrogens with zero attached hydrogens (tertiary/aromatic N) is 1. The number of nitrogens with one attached hydrogen (secondary N) is 2. The molecule has 1 aromatic carbocycles. The quantitative estimate of drug-likeness (QED) is 0.744. The van der Waals surface area contributed by atoms with Crippen LogP contribution in [0, 0.1) is 0 Å². The van der Waals surface area contributed by atoms with Gasteiger partial charge < -0.3 is 20.6 Å². The molecule has 1 atom stereocenters. The predicted octanol–water partition coefficient (Wildman–Crippen LogP) is 0.635. The van der Waals surface area contributed by atoms with Gasteiger partial charge in [0, 0.05) is 25.1 Å². The Morgan fingerprint density at radius 2 is 2.00 bits per heavy atom. The summed E-state index contributed by atoms with van der Waals surface area (Å²) in [6.45, 7) is -0.0139. The number of benzene rings is 1. The van der Waals surface area contributed by atoms with E-state index >= 15 is 0 Å². The van der Waals surface area contributed by atoms with Crippen LogP contribution in [-0.4, -0.2) is 46.5 Å². The summed E-state index contributed by atoms with van der Waals surface area (Å²) in [5.41, 5.74) is 0.616. The Bertz CT molecular complexity index is 645. The van der Waals surface area contributed by atoms with Gasteiger partial charge in [-0.1, -0.05) is 12.1 Å². The van der Waals surface area contributed by atoms with Gasteiger partial charge in [0.05, 0.1) is 5.56 Å². The first-order valence-corrected chi connectivity index (χ1v) is 7.18. The lowest BCUT2D eigenvalue weighted by atomic mass is 9.95. The molecule has 0 unspecified atom stereocenters. The van der Waals surface area contributed by atoms with Crippen molar-refractivity contribution < 1.29 is 19.5 Å². The predicted molar refractivity (Wildman–Crippen MR) is 78.3 cm³/mol. The van der Waals surface area contributed by atoms with E-state index in [0.29, 0.717) is 24.9 Å². The molecule has 22 heavy (non-hydrogen) atoms. The molecule has 1 saturated heterocycles. The summed E-state index contributed by atoms with van der Waals surface area (Å²) in [5.74, 6) is -1.40. The van der Waals surface area contributed by atoms with Crippen LogP contribution in [0.3, 0.4) is 0 Å². The second-order valence-electron chi connectivity index (χ2n) is 5.67. The number of amides is 2. The van der Waals surface area contributed by atoms with Crippen molar-refractivity contribution in [2.24, 2.45) is 0 Å². The van der Waals surface area contributed by atoms with Gasteiger partial charge in [-0.3, -0.25) is 14.4 Å². The van der Waals surface area contributed by atoms with Crippen LogP contribution in [0.2, 0.25) is 0 Å². The zero-order valence-corrected chi connectivity index (χ0v) is 12.0. The number of rotatable bonds is 2. The van der Waals surface area contributed by atoms with Crippen molar-refractivity contribution >= 4 is 23.5 Å². The highest BCUT2D eigenvalue weighted by molar-refractivity contribution is 6.02. The number of para-hydroxylation sites is 1. The third-order valence-corrected chi connectivity index (χ3v) is 4.15. The second kappa shape index (κ2) is 5.32. The Morgan fingerprint density at radius 1 is 1.23 bits per heavy atom. The van der Waals surface area contributed by atoms with Crippen LogP contribution in [0.15, 0.2) is 24.3 Å². The first-order valence-electron chi connectivity index (χ1n) is 7.18. The Morgan fingerprint density at radius 3 is 2.77 bits per heavy atom. The van der Waals surface area contributed by atoms with Crippen LogP contribution in [0.5, 0.6) is 0 Å². The number of hydrogen-bond donors (Lipinski definition) is 3. The monoisotopic (exact) mass is 303 g/mol. The largest absolute Gasteiger partial charge is 0.480 e. The Labute approximate surface area is 127 Å². The minimum Gasteiger partial charge on any atom is -0.480 e. The van der Waals surface area contributed by atoms with Crippen LogP contribution in [0.4, 0.5) is 5.69 Å². The molecule has 0 saturated carbocycles. The number of carboxylic acids is 1. The molecule has 7 heteroatoms. The molecule has 2 heterocycles. The molecule has 3 N–H and O–H groups in total. The van der Waals surface area contributed by atoms with Crippen molar-refractivity contribution in [3.63, 3.8) is 0 Å². The molecule has 2 aliphatic rings. The maximum Gasteiger partial charge on any atom is 0.323 e. The fraction of sp³-hybridized carbons (Fsp3) is 0.400. The average Bonchev–Trinajstić information content (AvgIpc) is 2.61. The van der Waals surface area contributed by atoms with Crippen molar-refractivity contribution in [3.05, 3.63) is 29.8 Å². The van der Waals surface area contributed by atoms with Gasteiger partial charge in [-0.05, 0) is 18.6 Å². The number of aliphatic carboxylic acids is 1. The molecule has 3 rings (SSSR count). The summed E-state index contributed by atoms with van der Waals surface area (Å²) in [7, 11) is 0. The first kappa shape index (κ1) is 14.4. The SMILES string of the molecule is O=C(O)CN1CC[C@]2(CCC1=O)NC(=O)c1ccccc1N2. The Balaban J connectivity index is 1.82. The van der Waals surface area contributed by atoms with Crippen molar-refractivity contribution in [1.29, 1.82) is 0 Å². The maximum atomic E-state index is 12.3. The molecule has 1 aromatic rings. The highest BCUT2D eigenvalue weighted by atomic mass is 16.4. The third kappa shape index (κ3) is 2.61. The van der Waals surface area contributed by atoms with Crippen molar-refractivity contribution in [1.82, 2.24) is 10.2 Å². The van der Waals surface area contributed by atoms with Crippen molar-refractivity contribution in [2.75, 3.05) is 18.4 Å². The van der Waals surface area contributed by atoms with Crippen molar-refractivity contribution in [2.45, 2.75) is 24.9 Å². The van der Waals surface area contributed by atoms with Crippen LogP contribution in [-0.2, 0) is 9.59 Å². The summed E-state index contributed by atoms with van der Waals surface area (Å²) in [4.78, 5) is 36.4. The van der Waals surface area contributed by atoms with Gasteiger partial charge in [0.15, 0.2) is 0 Å². The lowest BCUT2D eigenvalue weighted by Crippen LogP contribution is -2.57. The van der Waals surface area contributed by atoms with Gasteiger partial charge in [-0.15, -0.1) is 0 Å². The topological polar surface area (TPSA) is 98.7 Å². The van der Waals surface area contributed by atoms with Gasteiger partial charge in [0.1, 0.15) is 12.2 Å². The fourth-order valence-electron chi connectivity index (χ4n) is 3.00. The summed E-state index contributed by atoms with van der Waals surface area (Å²) in [6.07, 6.45) is 1.09. The number of fused-ring (bicyclic) bond motifs is 1. The number of carboxylic acid groups (broad SMARTS) is 1. The van der Waals surface area contributed by atoms with Gasteiger partial charge in [-0.2, -0.15) is 0 Å². The second-order valence-corrected chi connectivity index (χ2v) is 5.67. The van der Waals surface area contributed by atoms with E-state index in [1.165, 1.54) is 4.90 Å². The molecule has 1 fully saturated rings. The normalized spacial score (nSPS) is 24.3. The zero-order valence-electron chi connectivity index (χ0n) is 12.0. The van der Waals surface area contributed by atoms with E-state index in [9.17, 15) is 14.4 Å². The number of carbonyl (C=O) groups excluding carboxylic acids is 2. The third-order valence-electron chi connectivity index (χ3n) is 4.15. The number of carbonyl (C=O) groups is 3. The highest BCUT2D eigenvalue weighted by Crippen LogP contribution is 2.31. The molecular formula is C15H17N3O4. The molecule has 7 nitrogen and oxygen atoms in total. The molecule has 2 amide bonds. The fourth-order valence-corrected chi connectivity index (χ4v) is 3.00. The van der Waals surface area contributed by atoms with Crippen LogP contribution >= 0.6 is 0 Å². The summed E-state index contributed by atoms with van der Waals surface area (Å²) in [6, 6.07) is 7.21. The number of likely N-dealkylation sites (tertiary alicyclic amines) is 1. The Kier molecular flexibility index (Phi) is 3.48. The minimum atomic E-state index is -1.03. The molecule has 0 aliphatic carbocycles. The maximum absolute atomic E-state index is 12.3. The lowest BCUT2D eigenvalue weighted by molar-refractivity contribution is -0.144. The number of anilines is 1. The standard InChI is InChI=1S/C15H17N3O4/c19-12-5-6-15(7-8-18(12)9-13(20)21)16-11-4-2-1-3-10(11)14(22)17-15/h1-4,16H,5-9H2,(H,17,22)(H,20,21)/t15-/m0/s1. The van der Waals surface area contributed by atoms with Gasteiger partial charge in [0.25, 0.3) is 5.91 Å².